The summed E-state index contributed by atoms with van der Waals surface area (Å²) in [5.41, 5.74) is 0. The Balaban J connectivity index is 0.000000225. The van der Waals surface area contributed by atoms with Gasteiger partial charge in [0.2, 0.25) is 6.04 Å². The monoisotopic (exact) mass is 261 g/mol. The second kappa shape index (κ2) is 9.21. The van der Waals surface area contributed by atoms with Gasteiger partial charge in [-0.2, -0.15) is 0 Å². The van der Waals surface area contributed by atoms with Gasteiger partial charge in [-0.15, -0.1) is 0 Å². The molecular formula is C11H23N3O4. The van der Waals surface area contributed by atoms with Crippen LogP contribution < -0.4 is 5.32 Å². The third-order valence-electron chi connectivity index (χ3n) is 2.83. The second-order valence-electron chi connectivity index (χ2n) is 4.41. The molecule has 18 heavy (non-hydrogen) atoms. The molecule has 7 nitrogen and oxygen atoms in total. The topological polar surface area (TPSA) is 76.9 Å². The number of hydrogen-bond donors (Lipinski definition) is 1. The molecule has 0 radical (unpaired) electrons. The fraction of sp³-hybridized carbons (Fsp3) is 1.00. The smallest absolute Gasteiger partial charge is 0.222 e. The molecule has 7 heteroatoms. The number of nitro groups is 1. The molecule has 1 N–H and O–H groups in total. The van der Waals surface area contributed by atoms with E-state index in [1.807, 2.05) is 0 Å². The zero-order valence-electron chi connectivity index (χ0n) is 11.0. The van der Waals surface area contributed by atoms with E-state index >= 15 is 0 Å². The van der Waals surface area contributed by atoms with Crippen molar-refractivity contribution in [3.63, 3.8) is 0 Å². The van der Waals surface area contributed by atoms with E-state index < -0.39 is 6.04 Å². The van der Waals surface area contributed by atoms with Crippen LogP contribution in [0.3, 0.4) is 0 Å². The van der Waals surface area contributed by atoms with Crippen LogP contribution in [0.2, 0.25) is 0 Å². The van der Waals surface area contributed by atoms with Gasteiger partial charge in [-0.1, -0.05) is 0 Å². The van der Waals surface area contributed by atoms with Crippen molar-refractivity contribution in [3.8, 4) is 0 Å². The highest BCUT2D eigenvalue weighted by Crippen LogP contribution is 1.99. The molecule has 0 bridgehead atoms. The Labute approximate surface area is 108 Å². The maximum Gasteiger partial charge on any atom is 0.222 e. The minimum atomic E-state index is -0.469. The van der Waals surface area contributed by atoms with Crippen molar-refractivity contribution in [1.29, 1.82) is 0 Å². The summed E-state index contributed by atoms with van der Waals surface area (Å²) in [7, 11) is 0. The molecule has 2 aliphatic heterocycles. The number of nitrogens with zero attached hydrogens (tertiary/aromatic N) is 2. The summed E-state index contributed by atoms with van der Waals surface area (Å²) in [4.78, 5) is 12.1. The molecule has 0 aromatic carbocycles. The van der Waals surface area contributed by atoms with Crippen molar-refractivity contribution in [2.24, 2.45) is 0 Å². The van der Waals surface area contributed by atoms with E-state index in [1.54, 1.807) is 6.92 Å². The first kappa shape index (κ1) is 15.3. The van der Waals surface area contributed by atoms with E-state index in [0.29, 0.717) is 19.8 Å². The van der Waals surface area contributed by atoms with E-state index in [9.17, 15) is 10.1 Å². The van der Waals surface area contributed by atoms with Gasteiger partial charge in [-0.05, 0) is 0 Å². The molecule has 2 rings (SSSR count). The quantitative estimate of drug-likeness (QED) is 0.550. The van der Waals surface area contributed by atoms with Crippen LogP contribution in [0.4, 0.5) is 0 Å². The van der Waals surface area contributed by atoms with Crippen LogP contribution in [0.15, 0.2) is 0 Å². The number of hydrogen-bond acceptors (Lipinski definition) is 6. The van der Waals surface area contributed by atoms with Crippen LogP contribution in [-0.2, 0) is 9.47 Å². The summed E-state index contributed by atoms with van der Waals surface area (Å²) in [6, 6.07) is -0.469. The van der Waals surface area contributed by atoms with Gasteiger partial charge in [-0.25, -0.2) is 0 Å². The van der Waals surface area contributed by atoms with Crippen LogP contribution in [-0.4, -0.2) is 75.0 Å². The SMILES string of the molecule is C1COCCN1.CC(CN1CCOCC1)[N+](=O)[O-]. The maximum atomic E-state index is 10.3. The van der Waals surface area contributed by atoms with Crippen molar-refractivity contribution in [2.45, 2.75) is 13.0 Å². The molecule has 0 aromatic heterocycles. The van der Waals surface area contributed by atoms with Gasteiger partial charge in [0.05, 0.1) is 33.0 Å². The largest absolute Gasteiger partial charge is 0.379 e. The van der Waals surface area contributed by atoms with Gasteiger partial charge in [0, 0.05) is 38.0 Å². The van der Waals surface area contributed by atoms with Crippen molar-refractivity contribution >= 4 is 0 Å². The summed E-state index contributed by atoms with van der Waals surface area (Å²) in [6.07, 6.45) is 0. The molecule has 0 aromatic rings. The molecule has 1 unspecified atom stereocenters. The van der Waals surface area contributed by atoms with Gasteiger partial charge in [0.15, 0.2) is 0 Å². The predicted molar refractivity (Wildman–Crippen MR) is 67.4 cm³/mol. The minimum Gasteiger partial charge on any atom is -0.379 e. The lowest BCUT2D eigenvalue weighted by Crippen LogP contribution is -2.42. The Kier molecular flexibility index (Phi) is 7.83. The fourth-order valence-corrected chi connectivity index (χ4v) is 1.74. The summed E-state index contributed by atoms with van der Waals surface area (Å²) >= 11 is 0. The van der Waals surface area contributed by atoms with Crippen LogP contribution in [0, 0.1) is 10.1 Å². The highest BCUT2D eigenvalue weighted by molar-refractivity contribution is 4.64. The lowest BCUT2D eigenvalue weighted by atomic mass is 10.3. The molecule has 2 saturated heterocycles. The standard InChI is InChI=1S/C7H14N2O3.C4H9NO/c1-7(9(10)11)6-8-2-4-12-5-3-8;1-3-6-4-2-5-1/h7H,2-6H2,1H3;5H,1-4H2. The molecule has 0 spiro atoms. The van der Waals surface area contributed by atoms with Gasteiger partial charge in [0.1, 0.15) is 0 Å². The van der Waals surface area contributed by atoms with E-state index in [4.69, 9.17) is 9.47 Å². The van der Waals surface area contributed by atoms with Gasteiger partial charge >= 0.3 is 0 Å². The van der Waals surface area contributed by atoms with Crippen molar-refractivity contribution in [3.05, 3.63) is 10.1 Å². The number of rotatable bonds is 3. The predicted octanol–water partition coefficient (Wildman–Crippen LogP) is -0.410. The average molecular weight is 261 g/mol. The van der Waals surface area contributed by atoms with E-state index in [2.05, 4.69) is 10.2 Å². The first-order valence-electron chi connectivity index (χ1n) is 6.42. The van der Waals surface area contributed by atoms with Gasteiger partial charge in [0.25, 0.3) is 0 Å². The fourth-order valence-electron chi connectivity index (χ4n) is 1.74. The first-order chi connectivity index (χ1) is 8.70. The molecule has 2 fully saturated rings. The van der Waals surface area contributed by atoms with E-state index in [0.717, 1.165) is 39.4 Å². The van der Waals surface area contributed by atoms with Gasteiger partial charge < -0.3 is 14.8 Å². The van der Waals surface area contributed by atoms with Crippen molar-refractivity contribution in [1.82, 2.24) is 10.2 Å². The Bertz CT molecular complexity index is 219. The molecule has 2 aliphatic rings. The molecule has 0 aliphatic carbocycles. The molecule has 2 heterocycles. The zero-order valence-corrected chi connectivity index (χ0v) is 11.0. The maximum absolute atomic E-state index is 10.3. The van der Waals surface area contributed by atoms with Gasteiger partial charge in [-0.3, -0.25) is 15.0 Å². The Morgan fingerprint density at radius 3 is 2.17 bits per heavy atom. The van der Waals surface area contributed by atoms with E-state index in [1.165, 1.54) is 0 Å². The Morgan fingerprint density at radius 2 is 1.78 bits per heavy atom. The first-order valence-corrected chi connectivity index (χ1v) is 6.42. The summed E-state index contributed by atoms with van der Waals surface area (Å²) in [5, 5.41) is 13.5. The zero-order chi connectivity index (χ0) is 13.2. The third-order valence-corrected chi connectivity index (χ3v) is 2.83. The Hall–Kier alpha value is -0.760. The van der Waals surface area contributed by atoms with Crippen molar-refractivity contribution < 1.29 is 14.4 Å². The highest BCUT2D eigenvalue weighted by atomic mass is 16.6. The van der Waals surface area contributed by atoms with Crippen LogP contribution in [0.5, 0.6) is 0 Å². The molecule has 106 valence electrons. The van der Waals surface area contributed by atoms with Crippen LogP contribution in [0.1, 0.15) is 6.92 Å². The lowest BCUT2D eigenvalue weighted by Gasteiger charge is -2.26. The van der Waals surface area contributed by atoms with Crippen LogP contribution >= 0.6 is 0 Å². The summed E-state index contributed by atoms with van der Waals surface area (Å²) in [6.45, 7) is 9.04. The second-order valence-corrected chi connectivity index (χ2v) is 4.41. The van der Waals surface area contributed by atoms with E-state index in [-0.39, 0.29) is 4.92 Å². The Morgan fingerprint density at radius 1 is 1.22 bits per heavy atom. The normalized spacial score (nSPS) is 22.7. The number of ether oxygens (including phenoxy) is 2. The molecular weight excluding hydrogens is 238 g/mol. The lowest BCUT2D eigenvalue weighted by molar-refractivity contribution is -0.518. The summed E-state index contributed by atoms with van der Waals surface area (Å²) < 4.78 is 10.1. The molecule has 0 saturated carbocycles. The summed E-state index contributed by atoms with van der Waals surface area (Å²) in [5.74, 6) is 0. The number of nitrogens with one attached hydrogen (secondary N) is 1. The molecule has 1 atom stereocenters. The highest BCUT2D eigenvalue weighted by Gasteiger charge is 2.19. The minimum absolute atomic E-state index is 0.241. The van der Waals surface area contributed by atoms with Crippen molar-refractivity contribution in [2.75, 3.05) is 59.2 Å². The average Bonchev–Trinajstić information content (AvgIpc) is 2.42. The molecule has 0 amide bonds. The number of morpholine rings is 2. The van der Waals surface area contributed by atoms with Crippen LogP contribution in [0.25, 0.3) is 0 Å². The third kappa shape index (κ3) is 6.85.